The molecule has 0 saturated heterocycles. The molecule has 0 unspecified atom stereocenters. The zero-order chi connectivity index (χ0) is 24.9. The van der Waals surface area contributed by atoms with Crippen LogP contribution in [0, 0.1) is 5.82 Å². The number of amides is 2. The van der Waals surface area contributed by atoms with Gasteiger partial charge in [-0.05, 0) is 56.7 Å². The van der Waals surface area contributed by atoms with E-state index in [2.05, 4.69) is 5.32 Å². The van der Waals surface area contributed by atoms with Gasteiger partial charge in [0.1, 0.15) is 5.82 Å². The normalized spacial score (nSPS) is 14.9. The van der Waals surface area contributed by atoms with Crippen molar-refractivity contribution >= 4 is 28.3 Å². The lowest BCUT2D eigenvalue weighted by molar-refractivity contribution is 0.0757. The van der Waals surface area contributed by atoms with Gasteiger partial charge in [0, 0.05) is 24.3 Å². The minimum Gasteiger partial charge on any atom is -0.379 e. The molecule has 1 N–H and O–H groups in total. The fourth-order valence-electron chi connectivity index (χ4n) is 3.85. The van der Waals surface area contributed by atoms with E-state index in [-0.39, 0.29) is 24.1 Å². The average Bonchev–Trinajstić information content (AvgIpc) is 2.94. The lowest BCUT2D eigenvalue weighted by Crippen LogP contribution is -2.31. The fourth-order valence-corrected chi connectivity index (χ4v) is 5.20. The summed E-state index contributed by atoms with van der Waals surface area (Å²) in [5, 5.41) is 2.85. The number of nitrogens with zero attached hydrogens (tertiary/aromatic N) is 1. The van der Waals surface area contributed by atoms with Crippen LogP contribution < -0.4 is 10.2 Å². The third-order valence-corrected chi connectivity index (χ3v) is 7.12. The first kappa shape index (κ1) is 24.8. The molecule has 0 spiro atoms. The Morgan fingerprint density at radius 1 is 1.06 bits per heavy atom. The van der Waals surface area contributed by atoms with Gasteiger partial charge in [-0.2, -0.15) is 0 Å². The molecule has 3 aromatic rings. The van der Waals surface area contributed by atoms with Gasteiger partial charge in [0.2, 0.25) is 0 Å². The van der Waals surface area contributed by atoms with Gasteiger partial charge in [-0.3, -0.25) is 9.59 Å². The SMILES string of the molecule is CC(C)OCCCNC(=O)c1ccc2c(c1)N(Cc1ccccc1F)C(=O)c1ccccc1[S@@]2=O. The molecule has 1 atom stereocenters. The Kier molecular flexibility index (Phi) is 7.73. The molecular formula is C27H27FN2O4S. The maximum atomic E-state index is 14.5. The molecule has 0 aromatic heterocycles. The highest BCUT2D eigenvalue weighted by atomic mass is 32.2. The highest BCUT2D eigenvalue weighted by Crippen LogP contribution is 2.36. The highest BCUT2D eigenvalue weighted by molar-refractivity contribution is 7.85. The third kappa shape index (κ3) is 5.49. The van der Waals surface area contributed by atoms with Gasteiger partial charge in [0.05, 0.1) is 44.5 Å². The minimum absolute atomic E-state index is 0.0678. The molecular weight excluding hydrogens is 467 g/mol. The number of ether oxygens (including phenoxy) is 1. The quantitative estimate of drug-likeness (QED) is 0.461. The van der Waals surface area contributed by atoms with Crippen LogP contribution in [0.25, 0.3) is 0 Å². The maximum Gasteiger partial charge on any atom is 0.259 e. The van der Waals surface area contributed by atoms with E-state index in [1.165, 1.54) is 11.0 Å². The smallest absolute Gasteiger partial charge is 0.259 e. The van der Waals surface area contributed by atoms with Crippen LogP contribution in [0.2, 0.25) is 0 Å². The van der Waals surface area contributed by atoms with Gasteiger partial charge in [-0.1, -0.05) is 30.3 Å². The predicted octanol–water partition coefficient (Wildman–Crippen LogP) is 4.70. The van der Waals surface area contributed by atoms with Crippen molar-refractivity contribution in [3.05, 3.63) is 89.2 Å². The van der Waals surface area contributed by atoms with Crippen molar-refractivity contribution in [2.24, 2.45) is 0 Å². The molecule has 182 valence electrons. The Balaban J connectivity index is 1.68. The van der Waals surface area contributed by atoms with Crippen molar-refractivity contribution in [3.63, 3.8) is 0 Å². The number of hydrogen-bond donors (Lipinski definition) is 1. The van der Waals surface area contributed by atoms with Gasteiger partial charge in [-0.15, -0.1) is 0 Å². The number of hydrogen-bond acceptors (Lipinski definition) is 4. The fraction of sp³-hybridized carbons (Fsp3) is 0.259. The van der Waals surface area contributed by atoms with Gasteiger partial charge >= 0.3 is 0 Å². The van der Waals surface area contributed by atoms with E-state index < -0.39 is 22.5 Å². The molecule has 3 aromatic carbocycles. The Labute approximate surface area is 206 Å². The zero-order valence-corrected chi connectivity index (χ0v) is 20.4. The van der Waals surface area contributed by atoms with Crippen LogP contribution >= 0.6 is 0 Å². The van der Waals surface area contributed by atoms with Crippen LogP contribution in [0.5, 0.6) is 0 Å². The number of benzene rings is 3. The summed E-state index contributed by atoms with van der Waals surface area (Å²) in [6.07, 6.45) is 0.782. The molecule has 4 rings (SSSR count). The number of halogens is 1. The summed E-state index contributed by atoms with van der Waals surface area (Å²) in [6, 6.07) is 17.6. The second-order valence-electron chi connectivity index (χ2n) is 8.46. The first-order valence-corrected chi connectivity index (χ1v) is 12.6. The number of nitrogens with one attached hydrogen (secondary N) is 1. The van der Waals surface area contributed by atoms with E-state index in [1.54, 1.807) is 60.7 Å². The molecule has 2 amide bonds. The number of carbonyl (C=O) groups is 2. The molecule has 6 nitrogen and oxygen atoms in total. The van der Waals surface area contributed by atoms with E-state index in [4.69, 9.17) is 4.74 Å². The van der Waals surface area contributed by atoms with E-state index in [1.807, 2.05) is 13.8 Å². The van der Waals surface area contributed by atoms with E-state index >= 15 is 0 Å². The molecule has 35 heavy (non-hydrogen) atoms. The number of anilines is 1. The summed E-state index contributed by atoms with van der Waals surface area (Å²) >= 11 is 0. The van der Waals surface area contributed by atoms with Crippen molar-refractivity contribution in [2.75, 3.05) is 18.1 Å². The molecule has 1 heterocycles. The molecule has 0 fully saturated rings. The Bertz CT molecular complexity index is 1280. The van der Waals surface area contributed by atoms with Crippen molar-refractivity contribution in [1.29, 1.82) is 0 Å². The Hall–Kier alpha value is -3.36. The lowest BCUT2D eigenvalue weighted by atomic mass is 10.1. The van der Waals surface area contributed by atoms with Crippen molar-refractivity contribution in [3.8, 4) is 0 Å². The van der Waals surface area contributed by atoms with E-state index in [0.29, 0.717) is 46.2 Å². The second kappa shape index (κ2) is 10.9. The summed E-state index contributed by atoms with van der Waals surface area (Å²) in [7, 11) is -1.65. The number of carbonyl (C=O) groups excluding carboxylic acids is 2. The largest absolute Gasteiger partial charge is 0.379 e. The maximum absolute atomic E-state index is 14.5. The molecule has 0 aliphatic carbocycles. The zero-order valence-electron chi connectivity index (χ0n) is 19.6. The summed E-state index contributed by atoms with van der Waals surface area (Å²) in [5.74, 6) is -1.17. The monoisotopic (exact) mass is 494 g/mol. The minimum atomic E-state index is -1.65. The lowest BCUT2D eigenvalue weighted by Gasteiger charge is -2.24. The van der Waals surface area contributed by atoms with Crippen molar-refractivity contribution in [1.82, 2.24) is 5.32 Å². The molecule has 0 saturated carbocycles. The van der Waals surface area contributed by atoms with Gasteiger partial charge in [-0.25, -0.2) is 8.60 Å². The predicted molar refractivity (Wildman–Crippen MR) is 133 cm³/mol. The second-order valence-corrected chi connectivity index (χ2v) is 9.88. The summed E-state index contributed by atoms with van der Waals surface area (Å²) in [6.45, 7) is 4.79. The number of fused-ring (bicyclic) bond motifs is 2. The first-order chi connectivity index (χ1) is 16.9. The molecule has 1 aliphatic heterocycles. The van der Waals surface area contributed by atoms with Crippen LogP contribution in [0.4, 0.5) is 10.1 Å². The molecule has 0 bridgehead atoms. The van der Waals surface area contributed by atoms with Crippen LogP contribution in [-0.2, 0) is 22.1 Å². The average molecular weight is 495 g/mol. The Morgan fingerprint density at radius 3 is 2.57 bits per heavy atom. The van der Waals surface area contributed by atoms with Gasteiger partial charge < -0.3 is 15.0 Å². The van der Waals surface area contributed by atoms with Crippen LogP contribution in [-0.4, -0.2) is 35.3 Å². The molecule has 0 radical (unpaired) electrons. The summed E-state index contributed by atoms with van der Waals surface area (Å²) in [5.41, 5.74) is 1.25. The first-order valence-electron chi connectivity index (χ1n) is 11.5. The van der Waals surface area contributed by atoms with E-state index in [9.17, 15) is 18.2 Å². The summed E-state index contributed by atoms with van der Waals surface area (Å²) < 4.78 is 33.5. The highest BCUT2D eigenvalue weighted by Gasteiger charge is 2.32. The van der Waals surface area contributed by atoms with Gasteiger partial charge in [0.25, 0.3) is 11.8 Å². The van der Waals surface area contributed by atoms with E-state index in [0.717, 1.165) is 0 Å². The summed E-state index contributed by atoms with van der Waals surface area (Å²) in [4.78, 5) is 28.6. The van der Waals surface area contributed by atoms with Crippen LogP contribution in [0.1, 0.15) is 46.5 Å². The van der Waals surface area contributed by atoms with Gasteiger partial charge in [0.15, 0.2) is 0 Å². The Morgan fingerprint density at radius 2 is 1.80 bits per heavy atom. The molecule has 8 heteroatoms. The van der Waals surface area contributed by atoms with Crippen LogP contribution in [0.3, 0.4) is 0 Å². The number of rotatable bonds is 8. The third-order valence-electron chi connectivity index (χ3n) is 5.62. The van der Waals surface area contributed by atoms with Crippen molar-refractivity contribution in [2.45, 2.75) is 42.7 Å². The molecule has 1 aliphatic rings. The van der Waals surface area contributed by atoms with Crippen LogP contribution in [0.15, 0.2) is 76.5 Å². The standard InChI is InChI=1S/C27H27FN2O4S/c1-18(2)34-15-7-14-29-26(31)19-12-13-25-23(16-19)30(17-20-8-3-5-10-22(20)28)27(32)21-9-4-6-11-24(21)35(25)33/h3-6,8-13,16,18H,7,14-15,17H2,1-2H3,(H,29,31)/t35-/m0/s1. The topological polar surface area (TPSA) is 75.7 Å². The van der Waals surface area contributed by atoms with Crippen molar-refractivity contribution < 1.29 is 22.9 Å².